The SMILES string of the molecule is CCCCc1ccc(-c2ccc3ccc4ccc(-c5ccc(CCCC)cc5)c5ccc2c3c45)cc1. The van der Waals surface area contributed by atoms with Crippen molar-refractivity contribution in [2.45, 2.75) is 52.4 Å². The third kappa shape index (κ3) is 4.05. The van der Waals surface area contributed by atoms with Gasteiger partial charge in [-0.25, -0.2) is 0 Å². The lowest BCUT2D eigenvalue weighted by atomic mass is 9.87. The van der Waals surface area contributed by atoms with Gasteiger partial charge in [0.25, 0.3) is 0 Å². The minimum atomic E-state index is 1.16. The van der Waals surface area contributed by atoms with Crippen LogP contribution in [0.5, 0.6) is 0 Å². The summed E-state index contributed by atoms with van der Waals surface area (Å²) in [6.45, 7) is 4.51. The van der Waals surface area contributed by atoms with Crippen molar-refractivity contribution in [3.05, 3.63) is 108 Å². The summed E-state index contributed by atoms with van der Waals surface area (Å²) < 4.78 is 0. The smallest absolute Gasteiger partial charge is 0.00203 e. The number of hydrogen-bond donors (Lipinski definition) is 0. The zero-order valence-corrected chi connectivity index (χ0v) is 21.5. The molecule has 0 N–H and O–H groups in total. The minimum Gasteiger partial charge on any atom is -0.0654 e. The molecular weight excluding hydrogens is 432 g/mol. The lowest BCUT2D eigenvalue weighted by molar-refractivity contribution is 0.795. The van der Waals surface area contributed by atoms with E-state index in [0.717, 1.165) is 12.8 Å². The fraction of sp³-hybridized carbons (Fsp3) is 0.222. The molecule has 0 saturated heterocycles. The first-order valence-electron chi connectivity index (χ1n) is 13.7. The number of benzene rings is 6. The number of rotatable bonds is 8. The van der Waals surface area contributed by atoms with Crippen LogP contribution in [0, 0.1) is 0 Å². The molecule has 6 aromatic rings. The van der Waals surface area contributed by atoms with E-state index in [1.807, 2.05) is 0 Å². The Balaban J connectivity index is 1.49. The molecule has 0 saturated carbocycles. The molecule has 6 aromatic carbocycles. The van der Waals surface area contributed by atoms with Gasteiger partial charge in [0.15, 0.2) is 0 Å². The van der Waals surface area contributed by atoms with Crippen LogP contribution in [0.4, 0.5) is 0 Å². The molecule has 0 aromatic heterocycles. The second-order valence-corrected chi connectivity index (χ2v) is 10.2. The average molecular weight is 467 g/mol. The average Bonchev–Trinajstić information content (AvgIpc) is 2.94. The molecule has 0 radical (unpaired) electrons. The van der Waals surface area contributed by atoms with Crippen molar-refractivity contribution in [1.29, 1.82) is 0 Å². The van der Waals surface area contributed by atoms with Crippen molar-refractivity contribution in [2.75, 3.05) is 0 Å². The van der Waals surface area contributed by atoms with Gasteiger partial charge in [-0.2, -0.15) is 0 Å². The highest BCUT2D eigenvalue weighted by atomic mass is 14.2. The maximum atomic E-state index is 2.35. The molecule has 0 aliphatic carbocycles. The molecule has 178 valence electrons. The van der Waals surface area contributed by atoms with Crippen LogP contribution >= 0.6 is 0 Å². The summed E-state index contributed by atoms with van der Waals surface area (Å²) in [7, 11) is 0. The first-order valence-corrected chi connectivity index (χ1v) is 13.7. The summed E-state index contributed by atoms with van der Waals surface area (Å²) in [5.41, 5.74) is 8.12. The van der Waals surface area contributed by atoms with Crippen LogP contribution in [0.25, 0.3) is 54.6 Å². The van der Waals surface area contributed by atoms with Gasteiger partial charge >= 0.3 is 0 Å². The van der Waals surface area contributed by atoms with Gasteiger partial charge in [-0.3, -0.25) is 0 Å². The summed E-state index contributed by atoms with van der Waals surface area (Å²) in [5.74, 6) is 0. The van der Waals surface area contributed by atoms with Crippen LogP contribution in [0.2, 0.25) is 0 Å². The third-order valence-corrected chi connectivity index (χ3v) is 7.83. The molecule has 0 unspecified atom stereocenters. The Morgan fingerprint density at radius 3 is 1.19 bits per heavy atom. The van der Waals surface area contributed by atoms with Crippen molar-refractivity contribution >= 4 is 32.3 Å². The number of unbranched alkanes of at least 4 members (excludes halogenated alkanes) is 2. The second kappa shape index (κ2) is 9.78. The predicted molar refractivity (Wildman–Crippen MR) is 158 cm³/mol. The fourth-order valence-corrected chi connectivity index (χ4v) is 5.77. The summed E-state index contributed by atoms with van der Waals surface area (Å²) in [4.78, 5) is 0. The Hall–Kier alpha value is -3.64. The first kappa shape index (κ1) is 22.8. The molecule has 0 spiro atoms. The first-order chi connectivity index (χ1) is 17.8. The third-order valence-electron chi connectivity index (χ3n) is 7.83. The predicted octanol–water partition coefficient (Wildman–Crippen LogP) is 10.6. The van der Waals surface area contributed by atoms with E-state index in [4.69, 9.17) is 0 Å². The lowest BCUT2D eigenvalue weighted by Crippen LogP contribution is -1.90. The standard InChI is InChI=1S/C36H34/c1-3-5-7-25-9-13-27(14-10-25)31-21-19-29-17-18-30-20-22-32(34-24-23-33(31)35(29)36(30)34)28-15-11-26(12-16-28)8-6-4-2/h9-24H,3-8H2,1-2H3. The maximum Gasteiger partial charge on any atom is -0.00203 e. The van der Waals surface area contributed by atoms with E-state index in [-0.39, 0.29) is 0 Å². The van der Waals surface area contributed by atoms with Crippen LogP contribution in [0.1, 0.15) is 50.7 Å². The summed E-state index contributed by atoms with van der Waals surface area (Å²) in [6, 6.07) is 37.0. The van der Waals surface area contributed by atoms with E-state index >= 15 is 0 Å². The highest BCUT2D eigenvalue weighted by Gasteiger charge is 2.15. The van der Waals surface area contributed by atoms with Gasteiger partial charge in [0.1, 0.15) is 0 Å². The lowest BCUT2D eigenvalue weighted by Gasteiger charge is -2.17. The molecule has 0 heteroatoms. The normalized spacial score (nSPS) is 11.7. The molecule has 0 heterocycles. The summed E-state index contributed by atoms with van der Waals surface area (Å²) in [6.07, 6.45) is 7.31. The minimum absolute atomic E-state index is 1.16. The van der Waals surface area contributed by atoms with E-state index in [2.05, 4.69) is 111 Å². The van der Waals surface area contributed by atoms with Gasteiger partial charge in [-0.05, 0) is 91.4 Å². The largest absolute Gasteiger partial charge is 0.0654 e. The molecule has 6 rings (SSSR count). The van der Waals surface area contributed by atoms with Crippen LogP contribution in [-0.4, -0.2) is 0 Å². The zero-order valence-electron chi connectivity index (χ0n) is 21.5. The van der Waals surface area contributed by atoms with Crippen LogP contribution in [-0.2, 0) is 12.8 Å². The van der Waals surface area contributed by atoms with Gasteiger partial charge < -0.3 is 0 Å². The van der Waals surface area contributed by atoms with Gasteiger partial charge in [0.2, 0.25) is 0 Å². The molecule has 0 bridgehead atoms. The Morgan fingerprint density at radius 1 is 0.417 bits per heavy atom. The Labute approximate surface area is 214 Å². The molecule has 0 aliphatic rings. The molecule has 0 aliphatic heterocycles. The summed E-state index contributed by atoms with van der Waals surface area (Å²) >= 11 is 0. The Kier molecular flexibility index (Phi) is 6.20. The van der Waals surface area contributed by atoms with Crippen LogP contribution < -0.4 is 0 Å². The molecule has 0 fully saturated rings. The van der Waals surface area contributed by atoms with E-state index in [1.165, 1.54) is 91.4 Å². The molecular formula is C36H34. The Bertz CT molecular complexity index is 1490. The van der Waals surface area contributed by atoms with E-state index in [9.17, 15) is 0 Å². The Morgan fingerprint density at radius 2 is 0.806 bits per heavy atom. The maximum absolute atomic E-state index is 2.35. The molecule has 36 heavy (non-hydrogen) atoms. The van der Waals surface area contributed by atoms with Crippen molar-refractivity contribution in [1.82, 2.24) is 0 Å². The summed E-state index contributed by atoms with van der Waals surface area (Å²) in [5, 5.41) is 8.10. The van der Waals surface area contributed by atoms with Crippen LogP contribution in [0.15, 0.2) is 97.1 Å². The van der Waals surface area contributed by atoms with Gasteiger partial charge in [0.05, 0.1) is 0 Å². The number of hydrogen-bond acceptors (Lipinski definition) is 0. The van der Waals surface area contributed by atoms with E-state index in [1.54, 1.807) is 0 Å². The van der Waals surface area contributed by atoms with Gasteiger partial charge in [-0.15, -0.1) is 0 Å². The van der Waals surface area contributed by atoms with E-state index < -0.39 is 0 Å². The highest BCUT2D eigenvalue weighted by molar-refractivity contribution is 6.27. The molecule has 0 atom stereocenters. The monoisotopic (exact) mass is 466 g/mol. The van der Waals surface area contributed by atoms with Crippen molar-refractivity contribution < 1.29 is 0 Å². The van der Waals surface area contributed by atoms with Crippen LogP contribution in [0.3, 0.4) is 0 Å². The van der Waals surface area contributed by atoms with Gasteiger partial charge in [0, 0.05) is 0 Å². The fourth-order valence-electron chi connectivity index (χ4n) is 5.77. The highest BCUT2D eigenvalue weighted by Crippen LogP contribution is 2.42. The van der Waals surface area contributed by atoms with Crippen molar-refractivity contribution in [2.24, 2.45) is 0 Å². The van der Waals surface area contributed by atoms with Crippen molar-refractivity contribution in [3.63, 3.8) is 0 Å². The quantitative estimate of drug-likeness (QED) is 0.196. The second-order valence-electron chi connectivity index (χ2n) is 10.2. The topological polar surface area (TPSA) is 0 Å². The van der Waals surface area contributed by atoms with Gasteiger partial charge in [-0.1, -0.05) is 124 Å². The molecule has 0 amide bonds. The zero-order chi connectivity index (χ0) is 24.5. The van der Waals surface area contributed by atoms with E-state index in [0.29, 0.717) is 0 Å². The molecule has 0 nitrogen and oxygen atoms in total. The number of aryl methyl sites for hydroxylation is 2. The van der Waals surface area contributed by atoms with Crippen molar-refractivity contribution in [3.8, 4) is 22.3 Å².